The second kappa shape index (κ2) is 5.94. The molecule has 0 atom stereocenters. The predicted octanol–water partition coefficient (Wildman–Crippen LogP) is 3.07. The van der Waals surface area contributed by atoms with Gasteiger partial charge in [-0.1, -0.05) is 92.8 Å². The first-order valence-electron chi connectivity index (χ1n) is 7.65. The van der Waals surface area contributed by atoms with E-state index in [1.54, 1.807) is 0 Å². The monoisotopic (exact) mass is 282 g/mol. The SMILES string of the molecule is O[Si](c1ccccc1)(c1ccccc1)C1CCCCC1. The first-order chi connectivity index (χ1) is 9.82. The molecule has 2 aromatic rings. The Kier molecular flexibility index (Phi) is 4.04. The van der Waals surface area contributed by atoms with E-state index in [0.717, 1.165) is 10.4 Å². The Balaban J connectivity index is 2.07. The first kappa shape index (κ1) is 13.6. The highest BCUT2D eigenvalue weighted by Gasteiger charge is 2.43. The van der Waals surface area contributed by atoms with Crippen molar-refractivity contribution in [2.45, 2.75) is 37.6 Å². The minimum Gasteiger partial charge on any atom is -0.424 e. The maximum Gasteiger partial charge on any atom is 0.255 e. The van der Waals surface area contributed by atoms with Gasteiger partial charge in [0.25, 0.3) is 8.32 Å². The van der Waals surface area contributed by atoms with Gasteiger partial charge in [0.1, 0.15) is 0 Å². The molecule has 1 aliphatic carbocycles. The molecule has 1 N–H and O–H groups in total. The number of hydrogen-bond donors (Lipinski definition) is 1. The van der Waals surface area contributed by atoms with Crippen molar-refractivity contribution in [3.8, 4) is 0 Å². The second-order valence-electron chi connectivity index (χ2n) is 5.83. The van der Waals surface area contributed by atoms with Crippen LogP contribution in [0.3, 0.4) is 0 Å². The molecule has 1 aliphatic rings. The van der Waals surface area contributed by atoms with Gasteiger partial charge < -0.3 is 4.80 Å². The zero-order valence-corrected chi connectivity index (χ0v) is 12.8. The molecule has 3 rings (SSSR count). The molecule has 0 spiro atoms. The van der Waals surface area contributed by atoms with E-state index in [-0.39, 0.29) is 0 Å². The molecular weight excluding hydrogens is 260 g/mol. The van der Waals surface area contributed by atoms with Crippen molar-refractivity contribution < 1.29 is 4.80 Å². The number of hydrogen-bond acceptors (Lipinski definition) is 1. The smallest absolute Gasteiger partial charge is 0.255 e. The van der Waals surface area contributed by atoms with E-state index in [9.17, 15) is 4.80 Å². The van der Waals surface area contributed by atoms with E-state index in [1.807, 2.05) is 12.1 Å². The van der Waals surface area contributed by atoms with Crippen LogP contribution in [0, 0.1) is 0 Å². The van der Waals surface area contributed by atoms with Gasteiger partial charge in [0.05, 0.1) is 0 Å². The van der Waals surface area contributed by atoms with Gasteiger partial charge in [-0.3, -0.25) is 0 Å². The summed E-state index contributed by atoms with van der Waals surface area (Å²) < 4.78 is 0. The van der Waals surface area contributed by atoms with E-state index in [1.165, 1.54) is 32.1 Å². The Morgan fingerprint density at radius 2 is 1.15 bits per heavy atom. The van der Waals surface area contributed by atoms with Crippen LogP contribution in [0.5, 0.6) is 0 Å². The normalized spacial score (nSPS) is 17.1. The summed E-state index contributed by atoms with van der Waals surface area (Å²) in [5, 5.41) is 2.33. The topological polar surface area (TPSA) is 20.2 Å². The summed E-state index contributed by atoms with van der Waals surface area (Å²) in [7, 11) is -2.60. The third-order valence-corrected chi connectivity index (χ3v) is 8.81. The Morgan fingerprint density at radius 1 is 0.700 bits per heavy atom. The van der Waals surface area contributed by atoms with Crippen LogP contribution < -0.4 is 10.4 Å². The van der Waals surface area contributed by atoms with Crippen molar-refractivity contribution in [2.75, 3.05) is 0 Å². The van der Waals surface area contributed by atoms with Crippen LogP contribution in [-0.2, 0) is 0 Å². The fourth-order valence-corrected chi connectivity index (χ4v) is 7.46. The summed E-state index contributed by atoms with van der Waals surface area (Å²) in [6.07, 6.45) is 6.20. The molecule has 1 nitrogen and oxygen atoms in total. The van der Waals surface area contributed by atoms with E-state index < -0.39 is 8.32 Å². The van der Waals surface area contributed by atoms with Gasteiger partial charge in [0.15, 0.2) is 0 Å². The number of benzene rings is 2. The highest BCUT2D eigenvalue weighted by atomic mass is 28.4. The molecule has 0 amide bonds. The minimum absolute atomic E-state index is 0.459. The zero-order chi connectivity index (χ0) is 13.8. The Morgan fingerprint density at radius 3 is 1.60 bits per heavy atom. The average molecular weight is 282 g/mol. The number of rotatable bonds is 3. The second-order valence-corrected chi connectivity index (χ2v) is 9.34. The Labute approximate surface area is 122 Å². The maximum atomic E-state index is 11.7. The third-order valence-electron chi connectivity index (χ3n) is 4.62. The lowest BCUT2D eigenvalue weighted by atomic mass is 10.0. The zero-order valence-electron chi connectivity index (χ0n) is 11.8. The first-order valence-corrected chi connectivity index (χ1v) is 9.67. The van der Waals surface area contributed by atoms with Crippen LogP contribution in [0.25, 0.3) is 0 Å². The van der Waals surface area contributed by atoms with Gasteiger partial charge in [-0.05, 0) is 15.9 Å². The quantitative estimate of drug-likeness (QED) is 0.858. The summed E-state index contributed by atoms with van der Waals surface area (Å²) in [4.78, 5) is 11.7. The molecule has 1 saturated carbocycles. The molecular formula is C18H22OSi. The van der Waals surface area contributed by atoms with Gasteiger partial charge in [-0.2, -0.15) is 0 Å². The molecule has 1 fully saturated rings. The molecule has 2 heteroatoms. The molecule has 0 aliphatic heterocycles. The van der Waals surface area contributed by atoms with Crippen LogP contribution >= 0.6 is 0 Å². The summed E-state index contributed by atoms with van der Waals surface area (Å²) in [5.74, 6) is 0. The molecule has 20 heavy (non-hydrogen) atoms. The van der Waals surface area contributed by atoms with Crippen molar-refractivity contribution >= 4 is 18.7 Å². The highest BCUT2D eigenvalue weighted by molar-refractivity contribution is 6.97. The molecule has 0 unspecified atom stereocenters. The van der Waals surface area contributed by atoms with Gasteiger partial charge in [0, 0.05) is 0 Å². The fourth-order valence-electron chi connectivity index (χ4n) is 3.54. The summed E-state index contributed by atoms with van der Waals surface area (Å²) in [6, 6.07) is 20.8. The maximum absolute atomic E-state index is 11.7. The van der Waals surface area contributed by atoms with Crippen LogP contribution in [0.2, 0.25) is 5.54 Å². The summed E-state index contributed by atoms with van der Waals surface area (Å²) >= 11 is 0. The lowest BCUT2D eigenvalue weighted by molar-refractivity contribution is 0.445. The summed E-state index contributed by atoms with van der Waals surface area (Å²) in [6.45, 7) is 0. The van der Waals surface area contributed by atoms with Gasteiger partial charge in [-0.15, -0.1) is 0 Å². The predicted molar refractivity (Wildman–Crippen MR) is 87.0 cm³/mol. The van der Waals surface area contributed by atoms with E-state index in [4.69, 9.17) is 0 Å². The Bertz CT molecular complexity index is 492. The molecule has 2 aromatic carbocycles. The largest absolute Gasteiger partial charge is 0.424 e. The van der Waals surface area contributed by atoms with Crippen molar-refractivity contribution in [3.05, 3.63) is 60.7 Å². The molecule has 0 saturated heterocycles. The molecule has 0 bridgehead atoms. The van der Waals surface area contributed by atoms with Crippen LogP contribution in [0.1, 0.15) is 32.1 Å². The van der Waals surface area contributed by atoms with E-state index >= 15 is 0 Å². The minimum atomic E-state index is -2.60. The molecule has 104 valence electrons. The summed E-state index contributed by atoms with van der Waals surface area (Å²) in [5.41, 5.74) is 0.459. The van der Waals surface area contributed by atoms with E-state index in [0.29, 0.717) is 5.54 Å². The van der Waals surface area contributed by atoms with Gasteiger partial charge >= 0.3 is 0 Å². The van der Waals surface area contributed by atoms with Crippen LogP contribution in [0.4, 0.5) is 0 Å². The third kappa shape index (κ3) is 2.46. The average Bonchev–Trinajstić information content (AvgIpc) is 2.56. The van der Waals surface area contributed by atoms with Crippen molar-refractivity contribution in [2.24, 2.45) is 0 Å². The Hall–Kier alpha value is -1.38. The highest BCUT2D eigenvalue weighted by Crippen LogP contribution is 2.35. The lowest BCUT2D eigenvalue weighted by Gasteiger charge is -2.37. The van der Waals surface area contributed by atoms with Gasteiger partial charge in [0.2, 0.25) is 0 Å². The van der Waals surface area contributed by atoms with E-state index in [2.05, 4.69) is 48.5 Å². The van der Waals surface area contributed by atoms with Crippen molar-refractivity contribution in [1.29, 1.82) is 0 Å². The van der Waals surface area contributed by atoms with Gasteiger partial charge in [-0.25, -0.2) is 0 Å². The van der Waals surface area contributed by atoms with Crippen molar-refractivity contribution in [1.82, 2.24) is 0 Å². The standard InChI is InChI=1S/C18H22OSi/c19-20(16-10-4-1-5-11-16,17-12-6-2-7-13-17)18-14-8-3-9-15-18/h1-2,4-7,10-13,18-19H,3,8-9,14-15H2. The molecule has 0 heterocycles. The molecule has 0 aromatic heterocycles. The molecule has 0 radical (unpaired) electrons. The van der Waals surface area contributed by atoms with Crippen LogP contribution in [-0.4, -0.2) is 13.1 Å². The fraction of sp³-hybridized carbons (Fsp3) is 0.333. The van der Waals surface area contributed by atoms with Crippen LogP contribution in [0.15, 0.2) is 60.7 Å². The lowest BCUT2D eigenvalue weighted by Crippen LogP contribution is -2.62. The van der Waals surface area contributed by atoms with Crippen molar-refractivity contribution in [3.63, 3.8) is 0 Å².